The fourth-order valence-electron chi connectivity index (χ4n) is 2.51. The number of hydrogen-bond acceptors (Lipinski definition) is 3. The molecule has 1 aromatic rings. The van der Waals surface area contributed by atoms with Crippen molar-refractivity contribution in [1.29, 1.82) is 0 Å². The van der Waals surface area contributed by atoms with Crippen LogP contribution in [0.3, 0.4) is 0 Å². The van der Waals surface area contributed by atoms with E-state index in [0.29, 0.717) is 6.04 Å². The quantitative estimate of drug-likeness (QED) is 0.216. The Hall–Kier alpha value is -0.860. The van der Waals surface area contributed by atoms with Crippen LogP contribution in [0.25, 0.3) is 0 Å². The molecule has 1 unspecified atom stereocenters. The van der Waals surface area contributed by atoms with Crippen molar-refractivity contribution >= 4 is 29.9 Å². The van der Waals surface area contributed by atoms with Crippen LogP contribution in [0.15, 0.2) is 35.3 Å². The third kappa shape index (κ3) is 10.7. The lowest BCUT2D eigenvalue weighted by Gasteiger charge is -2.31. The Kier molecular flexibility index (Phi) is 12.9. The van der Waals surface area contributed by atoms with Crippen LogP contribution in [0, 0.1) is 0 Å². The van der Waals surface area contributed by atoms with Crippen LogP contribution in [0.5, 0.6) is 0 Å². The first-order valence-corrected chi connectivity index (χ1v) is 8.83. The number of guanidine groups is 1. The second kappa shape index (κ2) is 13.4. The number of benzene rings is 1. The number of halogens is 1. The zero-order chi connectivity index (χ0) is 17.8. The van der Waals surface area contributed by atoms with Crippen molar-refractivity contribution in [2.45, 2.75) is 45.7 Å². The molecule has 1 rings (SSSR count). The summed E-state index contributed by atoms with van der Waals surface area (Å²) in [6.07, 6.45) is 0.973. The third-order valence-corrected chi connectivity index (χ3v) is 3.79. The predicted molar refractivity (Wildman–Crippen MR) is 118 cm³/mol. The highest BCUT2D eigenvalue weighted by atomic mass is 127. The van der Waals surface area contributed by atoms with Crippen molar-refractivity contribution in [3.05, 3.63) is 35.9 Å². The van der Waals surface area contributed by atoms with E-state index in [1.165, 1.54) is 5.56 Å². The van der Waals surface area contributed by atoms with Crippen molar-refractivity contribution < 1.29 is 4.74 Å². The molecule has 0 amide bonds. The molecule has 0 saturated heterocycles. The summed E-state index contributed by atoms with van der Waals surface area (Å²) < 4.78 is 5.34. The average molecular weight is 462 g/mol. The normalized spacial score (nSPS) is 13.1. The Balaban J connectivity index is 0.00000576. The van der Waals surface area contributed by atoms with Crippen molar-refractivity contribution in [3.63, 3.8) is 0 Å². The zero-order valence-corrected chi connectivity index (χ0v) is 18.6. The molecule has 25 heavy (non-hydrogen) atoms. The summed E-state index contributed by atoms with van der Waals surface area (Å²) in [4.78, 5) is 4.27. The molecule has 0 bridgehead atoms. The number of hydrogen-bond donors (Lipinski definition) is 3. The third-order valence-electron chi connectivity index (χ3n) is 3.79. The van der Waals surface area contributed by atoms with E-state index >= 15 is 0 Å². The molecule has 0 fully saturated rings. The van der Waals surface area contributed by atoms with E-state index in [0.717, 1.165) is 38.7 Å². The van der Waals surface area contributed by atoms with Crippen molar-refractivity contribution in [2.75, 3.05) is 33.4 Å². The molecule has 0 heterocycles. The lowest BCUT2D eigenvalue weighted by Crippen LogP contribution is -2.52. The predicted octanol–water partition coefficient (Wildman–Crippen LogP) is 3.33. The molecule has 1 atom stereocenters. The van der Waals surface area contributed by atoms with Gasteiger partial charge in [0.1, 0.15) is 0 Å². The zero-order valence-electron chi connectivity index (χ0n) is 16.3. The Morgan fingerprint density at radius 1 is 1.20 bits per heavy atom. The highest BCUT2D eigenvalue weighted by molar-refractivity contribution is 14.0. The summed E-state index contributed by atoms with van der Waals surface area (Å²) in [7, 11) is 1.80. The van der Waals surface area contributed by atoms with Crippen LogP contribution in [0.4, 0.5) is 0 Å². The van der Waals surface area contributed by atoms with E-state index in [1.807, 2.05) is 13.0 Å². The molecule has 0 aliphatic rings. The summed E-state index contributed by atoms with van der Waals surface area (Å²) >= 11 is 0. The first-order chi connectivity index (χ1) is 11.5. The molecule has 1 aromatic carbocycles. The number of nitrogens with zero attached hydrogens (tertiary/aromatic N) is 1. The molecular formula is C19H35IN4O. The van der Waals surface area contributed by atoms with Gasteiger partial charge < -0.3 is 20.7 Å². The Morgan fingerprint density at radius 3 is 2.48 bits per heavy atom. The van der Waals surface area contributed by atoms with Gasteiger partial charge in [-0.25, -0.2) is 0 Å². The molecule has 0 spiro atoms. The largest absolute Gasteiger partial charge is 0.382 e. The van der Waals surface area contributed by atoms with Gasteiger partial charge in [-0.2, -0.15) is 0 Å². The molecule has 0 saturated carbocycles. The molecule has 0 aliphatic carbocycles. The summed E-state index contributed by atoms with van der Waals surface area (Å²) in [5, 5.41) is 10.4. The van der Waals surface area contributed by atoms with Gasteiger partial charge in [-0.15, -0.1) is 24.0 Å². The smallest absolute Gasteiger partial charge is 0.191 e. The monoisotopic (exact) mass is 462 g/mol. The van der Waals surface area contributed by atoms with Crippen LogP contribution in [-0.2, 0) is 4.74 Å². The highest BCUT2D eigenvalue weighted by Crippen LogP contribution is 2.15. The second-order valence-electron chi connectivity index (χ2n) is 6.56. The average Bonchev–Trinajstić information content (AvgIpc) is 2.57. The fourth-order valence-corrected chi connectivity index (χ4v) is 2.51. The maximum Gasteiger partial charge on any atom is 0.191 e. The molecule has 144 valence electrons. The Labute approximate surface area is 170 Å². The molecule has 0 radical (unpaired) electrons. The van der Waals surface area contributed by atoms with Gasteiger partial charge in [0, 0.05) is 44.9 Å². The highest BCUT2D eigenvalue weighted by Gasteiger charge is 2.21. The second-order valence-corrected chi connectivity index (χ2v) is 6.56. The fraction of sp³-hybridized carbons (Fsp3) is 0.632. The van der Waals surface area contributed by atoms with Gasteiger partial charge in [0.05, 0.1) is 0 Å². The van der Waals surface area contributed by atoms with Crippen LogP contribution < -0.4 is 16.0 Å². The number of rotatable bonds is 10. The van der Waals surface area contributed by atoms with E-state index in [-0.39, 0.29) is 29.5 Å². The van der Waals surface area contributed by atoms with Gasteiger partial charge in [0.2, 0.25) is 0 Å². The van der Waals surface area contributed by atoms with Gasteiger partial charge >= 0.3 is 0 Å². The molecule has 0 aliphatic heterocycles. The SMILES string of the molecule is CCOCCCNC(=NC)NCC(C)(C)NC(C)c1ccccc1.I. The van der Waals surface area contributed by atoms with Crippen molar-refractivity contribution in [2.24, 2.45) is 4.99 Å². The first-order valence-electron chi connectivity index (χ1n) is 8.83. The van der Waals surface area contributed by atoms with E-state index in [1.54, 1.807) is 7.05 Å². The summed E-state index contributed by atoms with van der Waals surface area (Å²) in [6.45, 7) is 11.8. The van der Waals surface area contributed by atoms with E-state index in [4.69, 9.17) is 4.74 Å². The van der Waals surface area contributed by atoms with Gasteiger partial charge in [-0.1, -0.05) is 30.3 Å². The Morgan fingerprint density at radius 2 is 1.88 bits per heavy atom. The van der Waals surface area contributed by atoms with Gasteiger partial charge in [0.25, 0.3) is 0 Å². The van der Waals surface area contributed by atoms with Crippen LogP contribution in [0.2, 0.25) is 0 Å². The minimum atomic E-state index is -0.0573. The maximum absolute atomic E-state index is 5.34. The van der Waals surface area contributed by atoms with Crippen LogP contribution >= 0.6 is 24.0 Å². The van der Waals surface area contributed by atoms with E-state index < -0.39 is 0 Å². The van der Waals surface area contributed by atoms with Crippen LogP contribution in [-0.4, -0.2) is 44.8 Å². The molecule has 5 nitrogen and oxygen atoms in total. The van der Waals surface area contributed by atoms with E-state index in [2.05, 4.69) is 66.0 Å². The van der Waals surface area contributed by atoms with Crippen molar-refractivity contribution in [1.82, 2.24) is 16.0 Å². The number of nitrogens with one attached hydrogen (secondary N) is 3. The standard InChI is InChI=1S/C19H34N4O.HI/c1-6-24-14-10-13-21-18(20-5)22-15-19(3,4)23-16(2)17-11-8-7-9-12-17;/h7-9,11-12,16,23H,6,10,13-15H2,1-5H3,(H2,20,21,22);1H. The maximum atomic E-state index is 5.34. The summed E-state index contributed by atoms with van der Waals surface area (Å²) in [6, 6.07) is 10.8. The minimum Gasteiger partial charge on any atom is -0.382 e. The first kappa shape index (κ1) is 24.1. The molecule has 6 heteroatoms. The lowest BCUT2D eigenvalue weighted by atomic mass is 10.0. The van der Waals surface area contributed by atoms with Crippen molar-refractivity contribution in [3.8, 4) is 0 Å². The van der Waals surface area contributed by atoms with E-state index in [9.17, 15) is 0 Å². The molecular weight excluding hydrogens is 427 g/mol. The van der Waals surface area contributed by atoms with Crippen LogP contribution in [0.1, 0.15) is 45.7 Å². The topological polar surface area (TPSA) is 57.7 Å². The number of ether oxygens (including phenoxy) is 1. The van der Waals surface area contributed by atoms with Gasteiger partial charge in [0.15, 0.2) is 5.96 Å². The molecule has 0 aromatic heterocycles. The number of aliphatic imine (C=N–C) groups is 1. The molecule has 3 N–H and O–H groups in total. The van der Waals surface area contributed by atoms with Gasteiger partial charge in [-0.05, 0) is 39.7 Å². The summed E-state index contributed by atoms with van der Waals surface area (Å²) in [5.41, 5.74) is 1.24. The van der Waals surface area contributed by atoms with Gasteiger partial charge in [-0.3, -0.25) is 4.99 Å². The Bertz CT molecular complexity index is 480. The lowest BCUT2D eigenvalue weighted by molar-refractivity contribution is 0.145. The summed E-state index contributed by atoms with van der Waals surface area (Å²) in [5.74, 6) is 0.828. The minimum absolute atomic E-state index is 0.